The highest BCUT2D eigenvalue weighted by atomic mass is 35.5. The minimum absolute atomic E-state index is 0.126. The molecular weight excluding hydrogens is 286 g/mol. The molecule has 2 rings (SSSR count). The molecule has 1 amide bonds. The van der Waals surface area contributed by atoms with Crippen molar-refractivity contribution in [1.29, 1.82) is 5.26 Å². The van der Waals surface area contributed by atoms with E-state index in [0.717, 1.165) is 11.3 Å². The molecule has 5 heteroatoms. The number of hydrogen-bond donors (Lipinski definition) is 2. The highest BCUT2D eigenvalue weighted by Gasteiger charge is 2.10. The minimum Gasteiger partial charge on any atom is -0.366 e. The molecule has 0 aromatic heterocycles. The molecule has 1 unspecified atom stereocenters. The zero-order chi connectivity index (χ0) is 15.2. The lowest BCUT2D eigenvalue weighted by atomic mass is 10.1. The van der Waals surface area contributed by atoms with Crippen molar-refractivity contribution >= 4 is 28.9 Å². The van der Waals surface area contributed by atoms with Gasteiger partial charge in [0.2, 0.25) is 5.91 Å². The smallest absolute Gasteiger partial charge is 0.221 e. The van der Waals surface area contributed by atoms with Gasteiger partial charge in [-0.25, -0.2) is 0 Å². The van der Waals surface area contributed by atoms with Crippen LogP contribution in [0.1, 0.15) is 18.5 Å². The Hall–Kier alpha value is -2.51. The molecule has 0 aliphatic carbocycles. The summed E-state index contributed by atoms with van der Waals surface area (Å²) in [6, 6.07) is 16.0. The molecular formula is C16H14ClN3O. The van der Waals surface area contributed by atoms with Gasteiger partial charge >= 0.3 is 0 Å². The number of hydrogen-bond acceptors (Lipinski definition) is 3. The number of nitrogens with one attached hydrogen (secondary N) is 2. The van der Waals surface area contributed by atoms with E-state index < -0.39 is 6.04 Å². The molecule has 0 radical (unpaired) electrons. The molecule has 0 aliphatic heterocycles. The third kappa shape index (κ3) is 4.23. The van der Waals surface area contributed by atoms with E-state index in [9.17, 15) is 10.1 Å². The average molecular weight is 300 g/mol. The Morgan fingerprint density at radius 3 is 2.19 bits per heavy atom. The van der Waals surface area contributed by atoms with E-state index in [1.54, 1.807) is 24.3 Å². The van der Waals surface area contributed by atoms with Crippen LogP contribution in [0, 0.1) is 11.3 Å². The van der Waals surface area contributed by atoms with E-state index in [-0.39, 0.29) is 5.91 Å². The van der Waals surface area contributed by atoms with Gasteiger partial charge in [0.05, 0.1) is 6.07 Å². The summed E-state index contributed by atoms with van der Waals surface area (Å²) >= 11 is 5.83. The number of anilines is 2. The Kier molecular flexibility index (Phi) is 4.81. The van der Waals surface area contributed by atoms with Crippen molar-refractivity contribution in [3.63, 3.8) is 0 Å². The van der Waals surface area contributed by atoms with Crippen molar-refractivity contribution < 1.29 is 4.79 Å². The molecule has 0 saturated heterocycles. The van der Waals surface area contributed by atoms with Gasteiger partial charge in [-0.1, -0.05) is 23.7 Å². The molecule has 106 valence electrons. The largest absolute Gasteiger partial charge is 0.366 e. The highest BCUT2D eigenvalue weighted by molar-refractivity contribution is 6.30. The summed E-state index contributed by atoms with van der Waals surface area (Å²) in [5.74, 6) is -0.126. The number of nitriles is 1. The summed E-state index contributed by atoms with van der Waals surface area (Å²) in [4.78, 5) is 11.0. The fourth-order valence-corrected chi connectivity index (χ4v) is 1.99. The maximum atomic E-state index is 11.0. The monoisotopic (exact) mass is 299 g/mol. The quantitative estimate of drug-likeness (QED) is 0.897. The van der Waals surface area contributed by atoms with Crippen molar-refractivity contribution in [2.45, 2.75) is 13.0 Å². The van der Waals surface area contributed by atoms with E-state index >= 15 is 0 Å². The van der Waals surface area contributed by atoms with Crippen LogP contribution in [0.5, 0.6) is 0 Å². The molecule has 2 N–H and O–H groups in total. The summed E-state index contributed by atoms with van der Waals surface area (Å²) in [6.07, 6.45) is 0. The number of carbonyl (C=O) groups excluding carboxylic acids is 1. The zero-order valence-electron chi connectivity index (χ0n) is 11.4. The molecule has 0 aliphatic rings. The first-order valence-corrected chi connectivity index (χ1v) is 6.75. The average Bonchev–Trinajstić information content (AvgIpc) is 2.47. The van der Waals surface area contributed by atoms with Crippen LogP contribution >= 0.6 is 11.6 Å². The molecule has 2 aromatic rings. The van der Waals surface area contributed by atoms with Gasteiger partial charge in [0.1, 0.15) is 6.04 Å². The number of amides is 1. The van der Waals surface area contributed by atoms with Gasteiger partial charge in [0, 0.05) is 23.3 Å². The van der Waals surface area contributed by atoms with Crippen LogP contribution in [-0.4, -0.2) is 5.91 Å². The van der Waals surface area contributed by atoms with Crippen molar-refractivity contribution in [3.8, 4) is 6.07 Å². The standard InChI is InChI=1S/C16H14ClN3O/c1-11(21)19-14-6-2-12(3-7-14)16(10-18)20-15-8-4-13(17)5-9-15/h2-9,16,20H,1H3,(H,19,21). The fraction of sp³-hybridized carbons (Fsp3) is 0.125. The Balaban J connectivity index is 2.12. The molecule has 0 fully saturated rings. The predicted molar refractivity (Wildman–Crippen MR) is 84.2 cm³/mol. The van der Waals surface area contributed by atoms with Crippen LogP contribution in [0.2, 0.25) is 5.02 Å². The molecule has 2 aromatic carbocycles. The van der Waals surface area contributed by atoms with Gasteiger partial charge < -0.3 is 10.6 Å². The molecule has 0 saturated carbocycles. The van der Waals surface area contributed by atoms with E-state index in [2.05, 4.69) is 16.7 Å². The van der Waals surface area contributed by atoms with Crippen molar-refractivity contribution in [3.05, 3.63) is 59.1 Å². The van der Waals surface area contributed by atoms with Gasteiger partial charge in [-0.05, 0) is 42.0 Å². The second-order valence-electron chi connectivity index (χ2n) is 4.52. The summed E-state index contributed by atoms with van der Waals surface area (Å²) in [7, 11) is 0. The number of nitrogens with zero attached hydrogens (tertiary/aromatic N) is 1. The van der Waals surface area contributed by atoms with Crippen molar-refractivity contribution in [2.75, 3.05) is 10.6 Å². The highest BCUT2D eigenvalue weighted by Crippen LogP contribution is 2.22. The Labute approximate surface area is 128 Å². The molecule has 4 nitrogen and oxygen atoms in total. The Bertz CT molecular complexity index is 659. The van der Waals surface area contributed by atoms with Crippen molar-refractivity contribution in [1.82, 2.24) is 0 Å². The summed E-state index contributed by atoms with van der Waals surface area (Å²) in [6.45, 7) is 1.45. The van der Waals surface area contributed by atoms with Crippen molar-refractivity contribution in [2.24, 2.45) is 0 Å². The number of benzene rings is 2. The molecule has 0 heterocycles. The summed E-state index contributed by atoms with van der Waals surface area (Å²) in [5.41, 5.74) is 2.34. The maximum Gasteiger partial charge on any atom is 0.221 e. The van der Waals surface area contributed by atoms with Crippen LogP contribution in [0.15, 0.2) is 48.5 Å². The van der Waals surface area contributed by atoms with Crippen LogP contribution in [0.3, 0.4) is 0 Å². The van der Waals surface area contributed by atoms with E-state index in [1.807, 2.05) is 24.3 Å². The van der Waals surface area contributed by atoms with Gasteiger partial charge in [0.15, 0.2) is 0 Å². The second kappa shape index (κ2) is 6.78. The van der Waals surface area contributed by atoms with Crippen LogP contribution in [-0.2, 0) is 4.79 Å². The zero-order valence-corrected chi connectivity index (χ0v) is 12.2. The molecule has 1 atom stereocenters. The van der Waals surface area contributed by atoms with Crippen LogP contribution in [0.4, 0.5) is 11.4 Å². The lowest BCUT2D eigenvalue weighted by molar-refractivity contribution is -0.114. The second-order valence-corrected chi connectivity index (χ2v) is 4.95. The Morgan fingerprint density at radius 2 is 1.67 bits per heavy atom. The lowest BCUT2D eigenvalue weighted by Crippen LogP contribution is -2.09. The molecule has 21 heavy (non-hydrogen) atoms. The number of halogens is 1. The topological polar surface area (TPSA) is 64.9 Å². The summed E-state index contributed by atoms with van der Waals surface area (Å²) in [5, 5.41) is 15.8. The Morgan fingerprint density at radius 1 is 1.10 bits per heavy atom. The lowest BCUT2D eigenvalue weighted by Gasteiger charge is -2.14. The van der Waals surface area contributed by atoms with Gasteiger partial charge in [-0.15, -0.1) is 0 Å². The van der Waals surface area contributed by atoms with E-state index in [0.29, 0.717) is 10.7 Å². The third-order valence-corrected chi connectivity index (χ3v) is 3.10. The van der Waals surface area contributed by atoms with Crippen LogP contribution in [0.25, 0.3) is 0 Å². The first-order chi connectivity index (χ1) is 10.1. The molecule has 0 bridgehead atoms. The van der Waals surface area contributed by atoms with Gasteiger partial charge in [-0.3, -0.25) is 4.79 Å². The van der Waals surface area contributed by atoms with E-state index in [1.165, 1.54) is 6.92 Å². The van der Waals surface area contributed by atoms with Gasteiger partial charge in [0.25, 0.3) is 0 Å². The van der Waals surface area contributed by atoms with Gasteiger partial charge in [-0.2, -0.15) is 5.26 Å². The number of rotatable bonds is 4. The number of carbonyl (C=O) groups is 1. The first kappa shape index (κ1) is 14.9. The summed E-state index contributed by atoms with van der Waals surface area (Å²) < 4.78 is 0. The first-order valence-electron chi connectivity index (χ1n) is 6.38. The minimum atomic E-state index is -0.474. The normalized spacial score (nSPS) is 11.3. The molecule has 0 spiro atoms. The third-order valence-electron chi connectivity index (χ3n) is 2.85. The fourth-order valence-electron chi connectivity index (χ4n) is 1.87. The predicted octanol–water partition coefficient (Wildman–Crippen LogP) is 3.98. The SMILES string of the molecule is CC(=O)Nc1ccc(C(C#N)Nc2ccc(Cl)cc2)cc1. The van der Waals surface area contributed by atoms with Crippen LogP contribution < -0.4 is 10.6 Å². The maximum absolute atomic E-state index is 11.0. The van der Waals surface area contributed by atoms with E-state index in [4.69, 9.17) is 11.6 Å².